The molecule has 0 N–H and O–H groups in total. The van der Waals surface area contributed by atoms with Gasteiger partial charge in [-0.05, 0) is 0 Å². The van der Waals surface area contributed by atoms with Crippen LogP contribution < -0.4 is 4.46 Å². The van der Waals surface area contributed by atoms with Gasteiger partial charge in [-0.25, -0.2) is 0 Å². The van der Waals surface area contributed by atoms with Crippen LogP contribution in [0.5, 0.6) is 0 Å². The van der Waals surface area contributed by atoms with Gasteiger partial charge < -0.3 is 0 Å². The number of nitrogens with zero attached hydrogens (tertiary/aromatic N) is 1. The Morgan fingerprint density at radius 1 is 1.00 bits per heavy atom. The van der Waals surface area contributed by atoms with Crippen molar-refractivity contribution in [1.29, 1.82) is 0 Å². The van der Waals surface area contributed by atoms with Crippen molar-refractivity contribution in [2.24, 2.45) is 0 Å². The van der Waals surface area contributed by atoms with Crippen molar-refractivity contribution in [3.63, 3.8) is 0 Å². The van der Waals surface area contributed by atoms with Crippen LogP contribution in [-0.4, -0.2) is 54.0 Å². The van der Waals surface area contributed by atoms with Gasteiger partial charge in [-0.15, -0.1) is 0 Å². The molecule has 3 atom stereocenters. The first kappa shape index (κ1) is 20.2. The third-order valence-electron chi connectivity index (χ3n) is 4.34. The Labute approximate surface area is 158 Å². The van der Waals surface area contributed by atoms with Gasteiger partial charge in [-0.3, -0.25) is 0 Å². The van der Waals surface area contributed by atoms with Crippen LogP contribution in [0.3, 0.4) is 0 Å². The number of hydrogen-bond donors (Lipinski definition) is 0. The van der Waals surface area contributed by atoms with E-state index in [2.05, 4.69) is 80.5 Å². The first-order chi connectivity index (χ1) is 12.1. The van der Waals surface area contributed by atoms with E-state index in [0.717, 1.165) is 0 Å². The van der Waals surface area contributed by atoms with Gasteiger partial charge in [-0.1, -0.05) is 0 Å². The summed E-state index contributed by atoms with van der Waals surface area (Å²) in [4.78, 5) is 2.47. The Kier molecular flexibility index (Phi) is 8.14. The molecule has 0 spiro atoms. The molecule has 0 saturated heterocycles. The minimum absolute atomic E-state index is 0.193. The zero-order valence-electron chi connectivity index (χ0n) is 15.8. The Balaban J connectivity index is 2.37. The van der Waals surface area contributed by atoms with Crippen molar-refractivity contribution in [3.8, 4) is 0 Å². The van der Waals surface area contributed by atoms with Crippen LogP contribution in [-0.2, 0) is 9.47 Å². The molecule has 136 valence electrons. The Morgan fingerprint density at radius 3 is 2.24 bits per heavy atom. The summed E-state index contributed by atoms with van der Waals surface area (Å²) in [6, 6.07) is 19.7. The van der Waals surface area contributed by atoms with Crippen LogP contribution in [0, 0.1) is 0 Å². The second kappa shape index (κ2) is 10.1. The monoisotopic (exact) mass is 407 g/mol. The predicted octanol–water partition coefficient (Wildman–Crippen LogP) is 3.39. The van der Waals surface area contributed by atoms with Crippen molar-refractivity contribution in [3.05, 3.63) is 65.7 Å². The van der Waals surface area contributed by atoms with Crippen molar-refractivity contribution in [2.45, 2.75) is 31.0 Å². The van der Waals surface area contributed by atoms with E-state index in [-0.39, 0.29) is 26.1 Å². The molecule has 2 rings (SSSR count). The molecule has 2 aromatic carbocycles. The first-order valence-corrected chi connectivity index (χ1v) is 10.5. The third-order valence-corrected chi connectivity index (χ3v) is 7.22. The molecule has 0 radical (unpaired) electrons. The van der Waals surface area contributed by atoms with Crippen molar-refractivity contribution >= 4 is 19.4 Å². The van der Waals surface area contributed by atoms with Crippen molar-refractivity contribution in [2.75, 3.05) is 27.8 Å². The molecule has 0 fully saturated rings. The van der Waals surface area contributed by atoms with Crippen LogP contribution >= 0.6 is 0 Å². The van der Waals surface area contributed by atoms with Gasteiger partial charge in [0.25, 0.3) is 0 Å². The van der Waals surface area contributed by atoms with Crippen molar-refractivity contribution in [1.82, 2.24) is 4.90 Å². The second-order valence-electron chi connectivity index (χ2n) is 6.19. The molecule has 0 aliphatic heterocycles. The van der Waals surface area contributed by atoms with E-state index in [1.54, 1.807) is 7.11 Å². The molecule has 0 unspecified atom stereocenters. The first-order valence-electron chi connectivity index (χ1n) is 8.69. The average molecular weight is 406 g/mol. The van der Waals surface area contributed by atoms with Gasteiger partial charge in [0.05, 0.1) is 0 Å². The number of ether oxygens (including phenoxy) is 2. The summed E-state index contributed by atoms with van der Waals surface area (Å²) in [5, 5.41) is 0. The van der Waals surface area contributed by atoms with Gasteiger partial charge in [0.1, 0.15) is 0 Å². The van der Waals surface area contributed by atoms with Crippen LogP contribution in [0.2, 0.25) is 0 Å². The number of hydrogen-bond acceptors (Lipinski definition) is 3. The molecule has 0 heterocycles. The van der Waals surface area contributed by atoms with Gasteiger partial charge in [0.2, 0.25) is 0 Å². The Morgan fingerprint density at radius 2 is 1.64 bits per heavy atom. The summed E-state index contributed by atoms with van der Waals surface area (Å²) in [7, 11) is 5.99. The van der Waals surface area contributed by atoms with E-state index in [1.807, 2.05) is 6.92 Å². The van der Waals surface area contributed by atoms with Crippen LogP contribution in [0.4, 0.5) is 0 Å². The molecule has 0 aliphatic rings. The summed E-state index contributed by atoms with van der Waals surface area (Å²) >= 11 is 0.193. The quantitative estimate of drug-likeness (QED) is 0.471. The number of benzene rings is 2. The summed E-state index contributed by atoms with van der Waals surface area (Å²) < 4.78 is 13.0. The van der Waals surface area contributed by atoms with Gasteiger partial charge in [0, 0.05) is 0 Å². The molecule has 0 bridgehead atoms. The zero-order chi connectivity index (χ0) is 18.2. The molecular weight excluding hydrogens is 377 g/mol. The van der Waals surface area contributed by atoms with E-state index in [0.29, 0.717) is 12.6 Å². The van der Waals surface area contributed by atoms with E-state index in [1.165, 1.54) is 15.6 Å². The summed E-state index contributed by atoms with van der Waals surface area (Å²) in [6.45, 7) is 4.92. The summed E-state index contributed by atoms with van der Waals surface area (Å²) in [5.74, 6) is 0. The fourth-order valence-corrected chi connectivity index (χ4v) is 5.65. The minimum atomic E-state index is -0.227. The Hall–Kier alpha value is -1.16. The molecule has 0 saturated carbocycles. The third kappa shape index (κ3) is 5.40. The zero-order valence-corrected chi connectivity index (χ0v) is 17.5. The fourth-order valence-electron chi connectivity index (χ4n) is 2.71. The maximum absolute atomic E-state index is 5.91. The van der Waals surface area contributed by atoms with Crippen LogP contribution in [0.15, 0.2) is 54.6 Å². The van der Waals surface area contributed by atoms with E-state index < -0.39 is 0 Å². The van der Waals surface area contributed by atoms with E-state index >= 15 is 0 Å². The summed E-state index contributed by atoms with van der Waals surface area (Å²) in [5.41, 5.74) is 2.66. The molecule has 0 amide bonds. The maximum atomic E-state index is 5.91. The van der Waals surface area contributed by atoms with Gasteiger partial charge in [0.15, 0.2) is 0 Å². The van der Waals surface area contributed by atoms with Crippen molar-refractivity contribution < 1.29 is 9.47 Å². The van der Waals surface area contributed by atoms with Crippen LogP contribution in [0.25, 0.3) is 0 Å². The molecule has 0 aromatic heterocycles. The van der Waals surface area contributed by atoms with E-state index in [9.17, 15) is 0 Å². The predicted molar refractivity (Wildman–Crippen MR) is 106 cm³/mol. The molecule has 0 aliphatic carbocycles. The average Bonchev–Trinajstić information content (AvgIpc) is 2.65. The number of rotatable bonds is 9. The second-order valence-corrected chi connectivity index (χ2v) is 8.67. The molecule has 25 heavy (non-hydrogen) atoms. The molecule has 2 aromatic rings. The van der Waals surface area contributed by atoms with Crippen LogP contribution in [0.1, 0.15) is 35.8 Å². The molecule has 4 heteroatoms. The Bertz CT molecular complexity index is 633. The van der Waals surface area contributed by atoms with E-state index in [4.69, 9.17) is 9.47 Å². The normalized spacial score (nSPS) is 15.1. The number of methoxy groups -OCH3 is 1. The standard InChI is InChI=1S/C21H29NO2Se/c1-6-24-21(23-5)20(17-12-8-7-9-13-17)25-19-15-11-10-14-18(19)16(2)22(3)4/h7-16,20-21H,6H2,1-5H3/t16-,20+,21+/m1/s1. The topological polar surface area (TPSA) is 21.7 Å². The van der Waals surface area contributed by atoms with Gasteiger partial charge >= 0.3 is 158 Å². The summed E-state index contributed by atoms with van der Waals surface area (Å²) in [6.07, 6.45) is -0.227. The molecular formula is C21H29NO2Se. The fraction of sp³-hybridized carbons (Fsp3) is 0.429. The SMILES string of the molecule is CCO[C@H](OC)[C@@H]([Se]c1ccccc1[C@@H](C)N(C)C)c1ccccc1. The van der Waals surface area contributed by atoms with Gasteiger partial charge in [-0.2, -0.15) is 0 Å². The molecule has 3 nitrogen and oxygen atoms in total.